The molecule has 2 aromatic heterocycles. The summed E-state index contributed by atoms with van der Waals surface area (Å²) >= 11 is 6.58. The number of nitrogens with zero attached hydrogens (tertiary/aromatic N) is 3. The Labute approximate surface area is 195 Å². The predicted octanol–water partition coefficient (Wildman–Crippen LogP) is 4.55. The van der Waals surface area contributed by atoms with Crippen LogP contribution in [0, 0.1) is 11.8 Å². The van der Waals surface area contributed by atoms with Crippen molar-refractivity contribution in [3.63, 3.8) is 0 Å². The van der Waals surface area contributed by atoms with E-state index in [1.807, 2.05) is 31.3 Å². The third kappa shape index (κ3) is 5.35. The summed E-state index contributed by atoms with van der Waals surface area (Å²) in [6.07, 6.45) is 1.63. The molecule has 2 heterocycles. The third-order valence-corrected chi connectivity index (χ3v) is 6.04. The van der Waals surface area contributed by atoms with Gasteiger partial charge in [0.2, 0.25) is 0 Å². The van der Waals surface area contributed by atoms with Crippen LogP contribution in [0.3, 0.4) is 0 Å². The normalized spacial score (nSPS) is 14.2. The Hall–Kier alpha value is -2.33. The first-order chi connectivity index (χ1) is 14.6. The van der Waals surface area contributed by atoms with E-state index in [0.29, 0.717) is 16.4 Å². The fourth-order valence-electron chi connectivity index (χ4n) is 3.60. The molecule has 3 aromatic rings. The Morgan fingerprint density at radius 2 is 1.78 bits per heavy atom. The molecule has 0 fully saturated rings. The Kier molecular flexibility index (Phi) is 6.25. The van der Waals surface area contributed by atoms with Gasteiger partial charge in [0.05, 0.1) is 27.7 Å². The second-order valence-corrected chi connectivity index (χ2v) is 12.9. The SMILES string of the molecule is C=S(C)(=O)Cc1nn(C)c2c(-c3ccc(C#CC(C)(C)O)nc3C(C)(C)C)ccc(Cl)c12. The average molecular weight is 472 g/mol. The van der Waals surface area contributed by atoms with Crippen LogP contribution in [0.5, 0.6) is 0 Å². The van der Waals surface area contributed by atoms with Crippen LogP contribution < -0.4 is 0 Å². The van der Waals surface area contributed by atoms with Crippen molar-refractivity contribution in [2.24, 2.45) is 7.05 Å². The number of hydrogen-bond donors (Lipinski definition) is 1. The van der Waals surface area contributed by atoms with Crippen molar-refractivity contribution in [2.45, 2.75) is 51.4 Å². The molecule has 5 nitrogen and oxygen atoms in total. The molecule has 3 rings (SSSR count). The second kappa shape index (κ2) is 8.22. The molecule has 1 N–H and O–H groups in total. The molecular weight excluding hydrogens is 442 g/mol. The van der Waals surface area contributed by atoms with E-state index in [2.05, 4.69) is 43.6 Å². The van der Waals surface area contributed by atoms with Crippen LogP contribution in [0.15, 0.2) is 24.3 Å². The van der Waals surface area contributed by atoms with E-state index < -0.39 is 15.1 Å². The quantitative estimate of drug-likeness (QED) is 0.449. The zero-order valence-electron chi connectivity index (χ0n) is 19.7. The van der Waals surface area contributed by atoms with Crippen molar-refractivity contribution in [2.75, 3.05) is 6.26 Å². The topological polar surface area (TPSA) is 68.0 Å². The lowest BCUT2D eigenvalue weighted by Crippen LogP contribution is -2.17. The highest BCUT2D eigenvalue weighted by Gasteiger charge is 2.25. The largest absolute Gasteiger partial charge is 0.378 e. The molecule has 0 bridgehead atoms. The molecule has 32 heavy (non-hydrogen) atoms. The van der Waals surface area contributed by atoms with E-state index in [1.54, 1.807) is 24.8 Å². The van der Waals surface area contributed by atoms with E-state index in [0.717, 1.165) is 27.7 Å². The number of aliphatic hydroxyl groups is 1. The molecule has 0 aliphatic rings. The number of halogens is 1. The second-order valence-electron chi connectivity index (χ2n) is 9.87. The number of rotatable bonds is 3. The summed E-state index contributed by atoms with van der Waals surface area (Å²) < 4.78 is 14.2. The summed E-state index contributed by atoms with van der Waals surface area (Å²) in [5.41, 5.74) is 3.55. The molecule has 1 atom stereocenters. The van der Waals surface area contributed by atoms with Crippen LogP contribution in [-0.2, 0) is 27.7 Å². The first kappa shape index (κ1) is 24.3. The van der Waals surface area contributed by atoms with Crippen LogP contribution in [0.25, 0.3) is 22.0 Å². The zero-order chi connectivity index (χ0) is 24.1. The molecule has 170 valence electrons. The minimum atomic E-state index is -2.29. The van der Waals surface area contributed by atoms with Gasteiger partial charge in [-0.25, -0.2) is 4.98 Å². The van der Waals surface area contributed by atoms with Gasteiger partial charge >= 0.3 is 0 Å². The van der Waals surface area contributed by atoms with Crippen LogP contribution >= 0.6 is 11.6 Å². The molecule has 0 saturated carbocycles. The Balaban J connectivity index is 2.31. The monoisotopic (exact) mass is 471 g/mol. The number of benzene rings is 1. The Bertz CT molecular complexity index is 1360. The van der Waals surface area contributed by atoms with Crippen molar-refractivity contribution >= 4 is 37.9 Å². The summed E-state index contributed by atoms with van der Waals surface area (Å²) in [6, 6.07) is 7.68. The van der Waals surface area contributed by atoms with E-state index in [1.165, 1.54) is 0 Å². The van der Waals surface area contributed by atoms with Crippen molar-refractivity contribution < 1.29 is 9.32 Å². The van der Waals surface area contributed by atoms with Crippen molar-refractivity contribution in [1.82, 2.24) is 14.8 Å². The molecule has 1 unspecified atom stereocenters. The maximum atomic E-state index is 12.4. The molecule has 0 aliphatic carbocycles. The summed E-state index contributed by atoms with van der Waals surface area (Å²) in [4.78, 5) is 4.85. The van der Waals surface area contributed by atoms with Gasteiger partial charge < -0.3 is 5.11 Å². The van der Waals surface area contributed by atoms with E-state index in [9.17, 15) is 9.32 Å². The van der Waals surface area contributed by atoms with Gasteiger partial charge in [-0.2, -0.15) is 5.10 Å². The van der Waals surface area contributed by atoms with Crippen LogP contribution in [0.4, 0.5) is 0 Å². The maximum Gasteiger partial charge on any atom is 0.120 e. The molecule has 0 spiro atoms. The lowest BCUT2D eigenvalue weighted by atomic mass is 9.85. The number of aryl methyl sites for hydroxylation is 1. The lowest BCUT2D eigenvalue weighted by molar-refractivity contribution is 0.143. The minimum Gasteiger partial charge on any atom is -0.378 e. The summed E-state index contributed by atoms with van der Waals surface area (Å²) in [5, 5.41) is 15.9. The van der Waals surface area contributed by atoms with Crippen molar-refractivity contribution in [3.8, 4) is 23.0 Å². The number of pyridine rings is 1. The van der Waals surface area contributed by atoms with Gasteiger partial charge in [-0.3, -0.25) is 8.89 Å². The fourth-order valence-corrected chi connectivity index (χ4v) is 4.64. The Morgan fingerprint density at radius 3 is 2.34 bits per heavy atom. The van der Waals surface area contributed by atoms with Gasteiger partial charge in [-0.15, -0.1) is 0 Å². The first-order valence-corrected chi connectivity index (χ1v) is 13.0. The Morgan fingerprint density at radius 1 is 1.16 bits per heavy atom. The molecule has 0 amide bonds. The molecular formula is C25H30ClN3O2S. The molecule has 0 radical (unpaired) electrons. The number of aromatic nitrogens is 3. The maximum absolute atomic E-state index is 12.4. The number of fused-ring (bicyclic) bond motifs is 1. The van der Waals surface area contributed by atoms with Gasteiger partial charge in [-0.05, 0) is 53.4 Å². The van der Waals surface area contributed by atoms with Crippen LogP contribution in [-0.4, -0.2) is 41.8 Å². The van der Waals surface area contributed by atoms with E-state index in [4.69, 9.17) is 16.6 Å². The zero-order valence-corrected chi connectivity index (χ0v) is 21.3. The van der Waals surface area contributed by atoms with Crippen LogP contribution in [0.1, 0.15) is 51.7 Å². The van der Waals surface area contributed by atoms with Crippen molar-refractivity contribution in [1.29, 1.82) is 0 Å². The highest BCUT2D eigenvalue weighted by molar-refractivity contribution is 7.98. The number of hydrogen-bond acceptors (Lipinski definition) is 4. The van der Waals surface area contributed by atoms with E-state index in [-0.39, 0.29) is 11.2 Å². The lowest BCUT2D eigenvalue weighted by Gasteiger charge is -2.22. The van der Waals surface area contributed by atoms with Gasteiger partial charge in [0.25, 0.3) is 0 Å². The summed E-state index contributed by atoms with van der Waals surface area (Å²) in [5.74, 6) is 9.83. The van der Waals surface area contributed by atoms with Gasteiger partial charge in [-0.1, -0.05) is 44.4 Å². The van der Waals surface area contributed by atoms with E-state index >= 15 is 0 Å². The predicted molar refractivity (Wildman–Crippen MR) is 136 cm³/mol. The van der Waals surface area contributed by atoms with Crippen LogP contribution in [0.2, 0.25) is 5.02 Å². The summed E-state index contributed by atoms with van der Waals surface area (Å²) in [6.45, 7) is 9.59. The first-order valence-electron chi connectivity index (χ1n) is 10.3. The van der Waals surface area contributed by atoms with Crippen molar-refractivity contribution in [3.05, 3.63) is 46.4 Å². The molecule has 7 heteroatoms. The minimum absolute atomic E-state index is 0.253. The van der Waals surface area contributed by atoms with Gasteiger partial charge in [0.1, 0.15) is 11.3 Å². The van der Waals surface area contributed by atoms with Gasteiger partial charge in [0, 0.05) is 35.2 Å². The smallest absolute Gasteiger partial charge is 0.120 e. The fraction of sp³-hybridized carbons (Fsp3) is 0.400. The standard InChI is InChI=1S/C25H30ClN3O2S/c1-24(2,3)23-18(10-9-16(27-23)13-14-25(4,5)30)17-11-12-19(26)21-20(15-32(7,8)31)28-29(6)22(17)21/h9-12,30H,7,15H2,1-6,8H3. The molecule has 1 aromatic carbocycles. The van der Waals surface area contributed by atoms with Gasteiger partial charge in [0.15, 0.2) is 0 Å². The molecule has 0 saturated heterocycles. The highest BCUT2D eigenvalue weighted by atomic mass is 35.5. The average Bonchev–Trinajstić information content (AvgIpc) is 2.94. The third-order valence-electron chi connectivity index (χ3n) is 4.84. The highest BCUT2D eigenvalue weighted by Crippen LogP contribution is 2.39. The molecule has 0 aliphatic heterocycles. The summed E-state index contributed by atoms with van der Waals surface area (Å²) in [7, 11) is -0.427.